The van der Waals surface area contributed by atoms with Crippen molar-refractivity contribution < 1.29 is 10.2 Å². The van der Waals surface area contributed by atoms with Gasteiger partial charge in [-0.15, -0.1) is 0 Å². The molecule has 6 atom stereocenters. The van der Waals surface area contributed by atoms with Gasteiger partial charge in [0.05, 0.1) is 6.10 Å². The van der Waals surface area contributed by atoms with Crippen LogP contribution in [0.3, 0.4) is 0 Å². The van der Waals surface area contributed by atoms with E-state index in [4.69, 9.17) is 0 Å². The molecule has 0 heterocycles. The van der Waals surface area contributed by atoms with Gasteiger partial charge in [-0.1, -0.05) is 26.3 Å². The molecule has 0 spiro atoms. The number of benzene rings is 1. The molecule has 0 aromatic heterocycles. The highest BCUT2D eigenvalue weighted by Crippen LogP contribution is 2.64. The van der Waals surface area contributed by atoms with Crippen LogP contribution < -0.4 is 0 Å². The lowest BCUT2D eigenvalue weighted by molar-refractivity contribution is 0.00694. The average Bonchev–Trinajstić information content (AvgIpc) is 2.83. The fourth-order valence-electron chi connectivity index (χ4n) is 6.48. The molecule has 0 bridgehead atoms. The van der Waals surface area contributed by atoms with Crippen LogP contribution in [0, 0.1) is 23.2 Å². The number of aromatic hydroxyl groups is 1. The van der Waals surface area contributed by atoms with Gasteiger partial charge in [-0.25, -0.2) is 0 Å². The number of aliphatic hydroxyl groups is 1. The lowest BCUT2D eigenvalue weighted by Crippen LogP contribution is -2.44. The van der Waals surface area contributed by atoms with E-state index in [2.05, 4.69) is 19.9 Å². The monoisotopic (exact) mass is 300 g/mol. The third-order valence-electron chi connectivity index (χ3n) is 7.21. The van der Waals surface area contributed by atoms with Gasteiger partial charge in [0.1, 0.15) is 5.75 Å². The summed E-state index contributed by atoms with van der Waals surface area (Å²) in [5, 5.41) is 20.1. The second-order valence-corrected chi connectivity index (χ2v) is 8.21. The number of hydrogen-bond acceptors (Lipinski definition) is 2. The standard InChI is InChI=1S/C20H28O2/c1-3-20-10-12(2)19-16-7-5-14(21)8-13(16)4-6-17(19)18(20)9-15(22)11-20/h5,7-8,12,15,17-19,21-22H,3-4,6,9-11H2,1-2H3/t12-,15+,17-,18-,19+,20+/m0/s1. The summed E-state index contributed by atoms with van der Waals surface area (Å²) < 4.78 is 0. The molecular formula is C20H28O2. The average molecular weight is 300 g/mol. The number of aliphatic hydroxyl groups excluding tert-OH is 1. The molecule has 2 saturated carbocycles. The largest absolute Gasteiger partial charge is 0.508 e. The minimum Gasteiger partial charge on any atom is -0.508 e. The van der Waals surface area contributed by atoms with Gasteiger partial charge in [0.2, 0.25) is 0 Å². The zero-order valence-electron chi connectivity index (χ0n) is 13.8. The number of phenols is 1. The number of rotatable bonds is 1. The number of aryl methyl sites for hydroxylation is 1. The Hall–Kier alpha value is -1.02. The maximum atomic E-state index is 10.3. The van der Waals surface area contributed by atoms with Gasteiger partial charge < -0.3 is 10.2 Å². The molecule has 2 N–H and O–H groups in total. The van der Waals surface area contributed by atoms with E-state index in [1.54, 1.807) is 0 Å². The molecule has 0 radical (unpaired) electrons. The van der Waals surface area contributed by atoms with E-state index >= 15 is 0 Å². The van der Waals surface area contributed by atoms with Gasteiger partial charge in [0, 0.05) is 0 Å². The highest BCUT2D eigenvalue weighted by atomic mass is 16.3. The first-order chi connectivity index (χ1) is 10.5. The molecule has 2 heteroatoms. The second kappa shape index (κ2) is 4.99. The Balaban J connectivity index is 1.75. The van der Waals surface area contributed by atoms with Crippen molar-refractivity contribution in [3.63, 3.8) is 0 Å². The van der Waals surface area contributed by atoms with E-state index in [0.29, 0.717) is 28.9 Å². The van der Waals surface area contributed by atoms with Gasteiger partial charge >= 0.3 is 0 Å². The van der Waals surface area contributed by atoms with Gasteiger partial charge in [-0.05, 0) is 84.5 Å². The van der Waals surface area contributed by atoms with E-state index in [1.807, 2.05) is 12.1 Å². The minimum atomic E-state index is -0.0860. The van der Waals surface area contributed by atoms with Gasteiger partial charge in [-0.2, -0.15) is 0 Å². The van der Waals surface area contributed by atoms with E-state index < -0.39 is 0 Å². The SMILES string of the molecule is CC[C@@]12C[C@H](O)C[C@H]1[C@@H]1CCc3cc(O)ccc3[C@H]1[C@@H](C)C2. The first kappa shape index (κ1) is 14.6. The molecule has 2 nitrogen and oxygen atoms in total. The zero-order valence-corrected chi connectivity index (χ0v) is 13.8. The van der Waals surface area contributed by atoms with E-state index in [1.165, 1.54) is 30.4 Å². The third-order valence-corrected chi connectivity index (χ3v) is 7.21. The van der Waals surface area contributed by atoms with Crippen molar-refractivity contribution in [2.45, 2.75) is 64.4 Å². The Kier molecular flexibility index (Phi) is 3.30. The summed E-state index contributed by atoms with van der Waals surface area (Å²) in [6.07, 6.45) is 6.72. The van der Waals surface area contributed by atoms with Crippen LogP contribution in [0.2, 0.25) is 0 Å². The van der Waals surface area contributed by atoms with Gasteiger partial charge in [0.25, 0.3) is 0 Å². The predicted octanol–water partition coefficient (Wildman–Crippen LogP) is 4.25. The first-order valence-electron chi connectivity index (χ1n) is 9.04. The fourth-order valence-corrected chi connectivity index (χ4v) is 6.48. The van der Waals surface area contributed by atoms with Crippen molar-refractivity contribution in [3.8, 4) is 5.75 Å². The molecule has 4 rings (SSSR count). The molecule has 1 aromatic rings. The van der Waals surface area contributed by atoms with Gasteiger partial charge in [-0.3, -0.25) is 0 Å². The number of fused-ring (bicyclic) bond motifs is 5. The Morgan fingerprint density at radius 3 is 2.86 bits per heavy atom. The summed E-state index contributed by atoms with van der Waals surface area (Å²) in [4.78, 5) is 0. The van der Waals surface area contributed by atoms with Crippen molar-refractivity contribution in [1.29, 1.82) is 0 Å². The number of phenolic OH excluding ortho intramolecular Hbond substituents is 1. The molecule has 120 valence electrons. The molecule has 3 aliphatic rings. The summed E-state index contributed by atoms with van der Waals surface area (Å²) in [6.45, 7) is 4.74. The molecule has 0 aliphatic heterocycles. The van der Waals surface area contributed by atoms with Crippen LogP contribution in [-0.4, -0.2) is 16.3 Å². The second-order valence-electron chi connectivity index (χ2n) is 8.21. The Labute approximate surface area is 133 Å². The maximum Gasteiger partial charge on any atom is 0.115 e. The Bertz CT molecular complexity index is 581. The third kappa shape index (κ3) is 1.96. The first-order valence-corrected chi connectivity index (χ1v) is 9.04. The van der Waals surface area contributed by atoms with E-state index in [-0.39, 0.29) is 6.10 Å². The molecule has 2 fully saturated rings. The van der Waals surface area contributed by atoms with Crippen LogP contribution in [0.1, 0.15) is 63.0 Å². The van der Waals surface area contributed by atoms with Crippen molar-refractivity contribution in [2.24, 2.45) is 23.2 Å². The highest BCUT2D eigenvalue weighted by Gasteiger charge is 2.56. The summed E-state index contributed by atoms with van der Waals surface area (Å²) >= 11 is 0. The quantitative estimate of drug-likeness (QED) is 0.814. The van der Waals surface area contributed by atoms with Crippen LogP contribution in [0.4, 0.5) is 0 Å². The fraction of sp³-hybridized carbons (Fsp3) is 0.700. The van der Waals surface area contributed by atoms with Crippen LogP contribution in [0.25, 0.3) is 0 Å². The lowest BCUT2D eigenvalue weighted by atomic mass is 9.51. The van der Waals surface area contributed by atoms with Crippen LogP contribution in [-0.2, 0) is 6.42 Å². The molecule has 3 aliphatic carbocycles. The van der Waals surface area contributed by atoms with Crippen molar-refractivity contribution in [3.05, 3.63) is 29.3 Å². The van der Waals surface area contributed by atoms with Crippen LogP contribution >= 0.6 is 0 Å². The highest BCUT2D eigenvalue weighted by molar-refractivity contribution is 5.40. The molecule has 0 unspecified atom stereocenters. The smallest absolute Gasteiger partial charge is 0.115 e. The van der Waals surface area contributed by atoms with Gasteiger partial charge in [0.15, 0.2) is 0 Å². The Morgan fingerprint density at radius 1 is 1.27 bits per heavy atom. The zero-order chi connectivity index (χ0) is 15.5. The molecular weight excluding hydrogens is 272 g/mol. The number of hydrogen-bond donors (Lipinski definition) is 2. The van der Waals surface area contributed by atoms with Crippen molar-refractivity contribution in [1.82, 2.24) is 0 Å². The summed E-state index contributed by atoms with van der Waals surface area (Å²) in [7, 11) is 0. The van der Waals surface area contributed by atoms with E-state index in [9.17, 15) is 10.2 Å². The van der Waals surface area contributed by atoms with Crippen LogP contribution in [0.15, 0.2) is 18.2 Å². The predicted molar refractivity (Wildman–Crippen MR) is 87.9 cm³/mol. The van der Waals surface area contributed by atoms with Crippen molar-refractivity contribution >= 4 is 0 Å². The Morgan fingerprint density at radius 2 is 2.09 bits per heavy atom. The topological polar surface area (TPSA) is 40.5 Å². The van der Waals surface area contributed by atoms with Crippen molar-refractivity contribution in [2.75, 3.05) is 0 Å². The minimum absolute atomic E-state index is 0.0860. The molecule has 0 saturated heterocycles. The normalized spacial score (nSPS) is 43.3. The summed E-state index contributed by atoms with van der Waals surface area (Å²) in [5.74, 6) is 3.11. The maximum absolute atomic E-state index is 10.3. The van der Waals surface area contributed by atoms with E-state index in [0.717, 1.165) is 25.2 Å². The molecule has 0 amide bonds. The molecule has 22 heavy (non-hydrogen) atoms. The summed E-state index contributed by atoms with van der Waals surface area (Å²) in [6, 6.07) is 6.00. The van der Waals surface area contributed by atoms with Crippen LogP contribution in [0.5, 0.6) is 5.75 Å². The molecule has 1 aromatic carbocycles. The lowest BCUT2D eigenvalue weighted by Gasteiger charge is -2.53. The summed E-state index contributed by atoms with van der Waals surface area (Å²) in [5.41, 5.74) is 3.22.